The van der Waals surface area contributed by atoms with Crippen molar-refractivity contribution in [2.75, 3.05) is 0 Å². The monoisotopic (exact) mass is 874 g/mol. The first-order valence-corrected chi connectivity index (χ1v) is 25.4. The van der Waals surface area contributed by atoms with Crippen LogP contribution >= 0.6 is 0 Å². The Hall–Kier alpha value is -4.67. The zero-order chi connectivity index (χ0) is 40.3. The van der Waals surface area contributed by atoms with E-state index in [1.807, 2.05) is 0 Å². The molecule has 0 atom stereocenters. The largest absolute Gasteiger partial charge is 0.195 e. The zero-order valence-electron chi connectivity index (χ0n) is 35.2. The van der Waals surface area contributed by atoms with E-state index < -0.39 is 26.0 Å². The molecular formula is C56H64BI. The molecule has 0 unspecified atom stereocenters. The second-order valence-electron chi connectivity index (χ2n) is 16.0. The number of aryl methyl sites for hydroxylation is 3. The van der Waals surface area contributed by atoms with Gasteiger partial charge in [-0.2, -0.15) is 21.9 Å². The molecule has 0 spiro atoms. The molecule has 0 aliphatic heterocycles. The molecule has 58 heavy (non-hydrogen) atoms. The summed E-state index contributed by atoms with van der Waals surface area (Å²) in [4.78, 5) is 0. The fourth-order valence-corrected chi connectivity index (χ4v) is 14.3. The van der Waals surface area contributed by atoms with Gasteiger partial charge in [-0.1, -0.05) is 148 Å². The maximum atomic E-state index is 2.43. The van der Waals surface area contributed by atoms with Crippen molar-refractivity contribution in [3.63, 3.8) is 0 Å². The Labute approximate surface area is 358 Å². The van der Waals surface area contributed by atoms with Crippen molar-refractivity contribution in [2.24, 2.45) is 0 Å². The topological polar surface area (TPSA) is 0 Å². The number of rotatable bonds is 18. The summed E-state index contributed by atoms with van der Waals surface area (Å²) in [7, 11) is 0. The van der Waals surface area contributed by atoms with Crippen molar-refractivity contribution in [1.82, 2.24) is 0 Å². The number of hydrogen-bond acceptors (Lipinski definition) is 0. The Kier molecular flexibility index (Phi) is 17.1. The summed E-state index contributed by atoms with van der Waals surface area (Å²) in [5.74, 6) is 0. The van der Waals surface area contributed by atoms with E-state index in [9.17, 15) is 0 Å². The summed E-state index contributed by atoms with van der Waals surface area (Å²) in [5.41, 5.74) is 9.54. The second-order valence-corrected chi connectivity index (χ2v) is 21.8. The molecule has 0 saturated heterocycles. The third-order valence-electron chi connectivity index (χ3n) is 11.7. The van der Waals surface area contributed by atoms with Crippen LogP contribution in [0.2, 0.25) is 0 Å². The van der Waals surface area contributed by atoms with Crippen molar-refractivity contribution in [3.05, 3.63) is 222 Å². The number of halogens is 1. The quantitative estimate of drug-likeness (QED) is 0.0459. The van der Waals surface area contributed by atoms with Gasteiger partial charge in [0, 0.05) is 0 Å². The molecule has 0 bridgehead atoms. The molecule has 0 nitrogen and oxygen atoms in total. The molecule has 0 heterocycles. The fraction of sp³-hybridized carbons (Fsp3) is 0.250. The predicted molar refractivity (Wildman–Crippen MR) is 252 cm³/mol. The van der Waals surface area contributed by atoms with E-state index in [4.69, 9.17) is 0 Å². The van der Waals surface area contributed by atoms with Gasteiger partial charge in [0.1, 0.15) is 6.15 Å². The van der Waals surface area contributed by atoms with Crippen LogP contribution in [0, 0.1) is 24.6 Å². The minimum atomic E-state index is -1.81. The van der Waals surface area contributed by atoms with Crippen LogP contribution in [0.15, 0.2) is 194 Å². The molecule has 0 N–H and O–H groups in total. The van der Waals surface area contributed by atoms with Crippen molar-refractivity contribution in [1.29, 1.82) is 0 Å². The number of hydrogen-bond donors (Lipinski definition) is 0. The zero-order valence-corrected chi connectivity index (χ0v) is 37.6. The molecule has 0 aromatic heterocycles. The van der Waals surface area contributed by atoms with Crippen LogP contribution in [-0.4, -0.2) is 6.15 Å². The normalized spacial score (nSPS) is 11.4. The average Bonchev–Trinajstić information content (AvgIpc) is 3.28. The summed E-state index contributed by atoms with van der Waals surface area (Å²) in [5, 5.41) is 0. The molecule has 0 radical (unpaired) electrons. The molecule has 7 aromatic carbocycles. The van der Waals surface area contributed by atoms with Gasteiger partial charge in [-0.25, -0.2) is 0 Å². The van der Waals surface area contributed by atoms with Gasteiger partial charge in [0.2, 0.25) is 0 Å². The third-order valence-corrected chi connectivity index (χ3v) is 18.1. The first kappa shape index (κ1) is 42.9. The predicted octanol–water partition coefficient (Wildman–Crippen LogP) is 9.10. The maximum absolute atomic E-state index is 2.43. The van der Waals surface area contributed by atoms with Gasteiger partial charge in [-0.15, -0.1) is 0 Å². The fourth-order valence-electron chi connectivity index (χ4n) is 8.49. The van der Waals surface area contributed by atoms with Crippen molar-refractivity contribution >= 4 is 28.0 Å². The second kappa shape index (κ2) is 23.1. The molecule has 7 rings (SSSR count). The molecule has 298 valence electrons. The van der Waals surface area contributed by atoms with Crippen LogP contribution in [0.25, 0.3) is 0 Å². The summed E-state index contributed by atoms with van der Waals surface area (Å²) in [6, 6.07) is 71.8. The third kappa shape index (κ3) is 11.7. The first-order chi connectivity index (χ1) is 28.6. The number of unbranched alkanes of at least 4 members (excludes halogenated alkanes) is 9. The molecule has 0 saturated carbocycles. The van der Waals surface area contributed by atoms with Crippen LogP contribution in [0.3, 0.4) is 0 Å². The van der Waals surface area contributed by atoms with E-state index in [-0.39, 0.29) is 0 Å². The van der Waals surface area contributed by atoms with Gasteiger partial charge >= 0.3 is 185 Å². The van der Waals surface area contributed by atoms with E-state index in [1.54, 1.807) is 3.57 Å². The van der Waals surface area contributed by atoms with Crippen LogP contribution in [-0.2, 0) is 6.42 Å². The van der Waals surface area contributed by atoms with Gasteiger partial charge in [0.25, 0.3) is 0 Å². The first-order valence-electron chi connectivity index (χ1n) is 21.9. The van der Waals surface area contributed by atoms with Crippen LogP contribution < -0.4 is 41.7 Å². The average molecular weight is 875 g/mol. The molecule has 0 fully saturated rings. The minimum absolute atomic E-state index is 1.22. The van der Waals surface area contributed by atoms with Gasteiger partial charge in [0.15, 0.2) is 0 Å². The Morgan fingerprint density at radius 3 is 0.948 bits per heavy atom. The standard InChI is InChI=1S/C32H44I.C24H20B/c1-4-5-6-7-8-9-10-11-12-13-14-29-19-25-32(26-20-29)33(30-21-15-27(2)16-22-30)31-23-17-28(3)18-24-31;1-5-13-21(14-6-1)25(22-15-7-2-8-16-22,23-17-9-3-10-18-23)24-19-11-4-12-20-24/h15-26,33H,4-14H2,1-3H3;1-20H/q+1;-1. The SMILES string of the molecule is CCCCCCCCCCCCc1ccc([IH+](c2ccc(C)cc2)c2ccc(C)cc2)cc1.c1ccc([B-](c2ccccc2)(c2ccccc2)c2ccccc2)cc1. The van der Waals surface area contributed by atoms with Crippen molar-refractivity contribution in [3.8, 4) is 0 Å². The molecule has 2 heteroatoms. The number of benzene rings is 7. The van der Waals surface area contributed by atoms with Gasteiger partial charge in [-0.05, 0) is 0 Å². The Morgan fingerprint density at radius 1 is 0.328 bits per heavy atom. The molecule has 0 aliphatic carbocycles. The summed E-state index contributed by atoms with van der Waals surface area (Å²) >= 11 is -1.81. The Morgan fingerprint density at radius 2 is 0.621 bits per heavy atom. The smallest absolute Gasteiger partial charge is 0.108 e. The molecule has 0 amide bonds. The molecule has 7 aromatic rings. The van der Waals surface area contributed by atoms with E-state index >= 15 is 0 Å². The molecule has 0 aliphatic rings. The van der Waals surface area contributed by atoms with Gasteiger partial charge in [0.05, 0.1) is 0 Å². The summed E-state index contributed by atoms with van der Waals surface area (Å²) in [6.45, 7) is 6.65. The van der Waals surface area contributed by atoms with Crippen LogP contribution in [0.4, 0.5) is 0 Å². The van der Waals surface area contributed by atoms with Crippen molar-refractivity contribution < 1.29 is 19.8 Å². The van der Waals surface area contributed by atoms with E-state index in [0.29, 0.717) is 0 Å². The van der Waals surface area contributed by atoms with E-state index in [1.165, 1.54) is 116 Å². The van der Waals surface area contributed by atoms with Crippen LogP contribution in [0.1, 0.15) is 87.8 Å². The minimum Gasteiger partial charge on any atom is -0.195 e. The summed E-state index contributed by atoms with van der Waals surface area (Å²) in [6.07, 6.45) is 14.1. The van der Waals surface area contributed by atoms with Crippen LogP contribution in [0.5, 0.6) is 0 Å². The summed E-state index contributed by atoms with van der Waals surface area (Å²) < 4.78 is 4.63. The maximum Gasteiger partial charge on any atom is 0.108 e. The van der Waals surface area contributed by atoms with Crippen molar-refractivity contribution in [2.45, 2.75) is 91.4 Å². The van der Waals surface area contributed by atoms with Gasteiger partial charge in [-0.3, -0.25) is 0 Å². The Bertz CT molecular complexity index is 1940. The Balaban J connectivity index is 0.000000202. The van der Waals surface area contributed by atoms with E-state index in [0.717, 1.165) is 0 Å². The van der Waals surface area contributed by atoms with Gasteiger partial charge < -0.3 is 0 Å². The van der Waals surface area contributed by atoms with E-state index in [2.05, 4.69) is 215 Å². The molecular weight excluding hydrogens is 810 g/mol.